The molecule has 4 aliphatic rings. The molecule has 8 atom stereocenters. The van der Waals surface area contributed by atoms with Crippen molar-refractivity contribution in [2.45, 2.75) is 77.7 Å². The second kappa shape index (κ2) is 5.30. The Morgan fingerprint density at radius 3 is 2.46 bits per heavy atom. The summed E-state index contributed by atoms with van der Waals surface area (Å²) in [6.07, 6.45) is 8.37. The highest BCUT2D eigenvalue weighted by Crippen LogP contribution is 2.68. The number of carbonyl (C=O) groups is 1. The second-order valence-corrected chi connectivity index (χ2v) is 10.2. The molecule has 0 radical (unpaired) electrons. The standard InChI is InChI=1S/C21H34O3/c1-19-11-13(12-22)18(23)10-14(19)4-5-15-16(19)6-8-20(2)17(15)7-9-21(20,3)24/h13-17,22,24H,4-12H2,1-3H3/t13-,14-,15+,16-,17-,19-,20-,21-/m1/s1. The lowest BCUT2D eigenvalue weighted by atomic mass is 9.44. The predicted molar refractivity (Wildman–Crippen MR) is 93.3 cm³/mol. The summed E-state index contributed by atoms with van der Waals surface area (Å²) in [6.45, 7) is 6.83. The molecule has 24 heavy (non-hydrogen) atoms. The van der Waals surface area contributed by atoms with E-state index in [0.29, 0.717) is 35.9 Å². The molecular formula is C21H34O3. The van der Waals surface area contributed by atoms with Crippen LogP contribution in [-0.4, -0.2) is 28.2 Å². The van der Waals surface area contributed by atoms with E-state index < -0.39 is 5.60 Å². The molecule has 3 nitrogen and oxygen atoms in total. The number of fused-ring (bicyclic) bond motifs is 5. The molecule has 4 rings (SSSR count). The molecule has 0 aliphatic heterocycles. The topological polar surface area (TPSA) is 57.5 Å². The van der Waals surface area contributed by atoms with Crippen molar-refractivity contribution in [3.63, 3.8) is 0 Å². The third kappa shape index (κ3) is 2.06. The third-order valence-corrected chi connectivity index (χ3v) is 9.44. The van der Waals surface area contributed by atoms with E-state index in [4.69, 9.17) is 0 Å². The fourth-order valence-corrected chi connectivity index (χ4v) is 7.65. The van der Waals surface area contributed by atoms with Crippen molar-refractivity contribution >= 4 is 5.78 Å². The largest absolute Gasteiger partial charge is 0.396 e. The second-order valence-electron chi connectivity index (χ2n) is 10.2. The maximum atomic E-state index is 12.3. The number of aliphatic hydroxyl groups is 2. The summed E-state index contributed by atoms with van der Waals surface area (Å²) in [6, 6.07) is 0. The molecule has 0 heterocycles. The van der Waals surface area contributed by atoms with Crippen LogP contribution in [0.5, 0.6) is 0 Å². The quantitative estimate of drug-likeness (QED) is 0.771. The first-order chi connectivity index (χ1) is 11.2. The van der Waals surface area contributed by atoms with E-state index in [0.717, 1.165) is 32.1 Å². The first kappa shape index (κ1) is 17.0. The van der Waals surface area contributed by atoms with Crippen molar-refractivity contribution in [1.29, 1.82) is 0 Å². The van der Waals surface area contributed by atoms with Gasteiger partial charge in [0.2, 0.25) is 0 Å². The molecule has 0 spiro atoms. The average Bonchev–Trinajstić information content (AvgIpc) is 2.77. The van der Waals surface area contributed by atoms with E-state index in [9.17, 15) is 15.0 Å². The molecule has 0 aromatic rings. The van der Waals surface area contributed by atoms with Crippen LogP contribution in [0.1, 0.15) is 72.1 Å². The molecule has 0 amide bonds. The van der Waals surface area contributed by atoms with Crippen LogP contribution in [0.4, 0.5) is 0 Å². The van der Waals surface area contributed by atoms with E-state index in [1.807, 2.05) is 0 Å². The van der Waals surface area contributed by atoms with Gasteiger partial charge in [0.1, 0.15) is 5.78 Å². The molecule has 2 N–H and O–H groups in total. The number of ketones is 1. The number of hydrogen-bond donors (Lipinski definition) is 2. The zero-order chi connectivity index (χ0) is 17.3. The predicted octanol–water partition coefficient (Wildman–Crippen LogP) is 3.57. The molecule has 0 bridgehead atoms. The van der Waals surface area contributed by atoms with Crippen molar-refractivity contribution in [2.24, 2.45) is 40.4 Å². The van der Waals surface area contributed by atoms with Gasteiger partial charge < -0.3 is 10.2 Å². The monoisotopic (exact) mass is 334 g/mol. The molecule has 0 saturated heterocycles. The van der Waals surface area contributed by atoms with Crippen molar-refractivity contribution in [3.05, 3.63) is 0 Å². The van der Waals surface area contributed by atoms with Crippen LogP contribution in [0.3, 0.4) is 0 Å². The smallest absolute Gasteiger partial charge is 0.138 e. The Balaban J connectivity index is 1.65. The highest BCUT2D eigenvalue weighted by atomic mass is 16.3. The normalized spacial score (nSPS) is 57.2. The summed E-state index contributed by atoms with van der Waals surface area (Å²) >= 11 is 0. The summed E-state index contributed by atoms with van der Waals surface area (Å²) < 4.78 is 0. The van der Waals surface area contributed by atoms with Crippen LogP contribution in [0.2, 0.25) is 0 Å². The molecule has 0 unspecified atom stereocenters. The Hall–Kier alpha value is -0.410. The van der Waals surface area contributed by atoms with Gasteiger partial charge in [-0.05, 0) is 86.4 Å². The van der Waals surface area contributed by atoms with Crippen LogP contribution in [0.15, 0.2) is 0 Å². The van der Waals surface area contributed by atoms with Gasteiger partial charge in [-0.15, -0.1) is 0 Å². The van der Waals surface area contributed by atoms with Crippen molar-refractivity contribution in [2.75, 3.05) is 6.61 Å². The zero-order valence-electron chi connectivity index (χ0n) is 15.6. The Morgan fingerprint density at radius 2 is 1.75 bits per heavy atom. The molecular weight excluding hydrogens is 300 g/mol. The fraction of sp³-hybridized carbons (Fsp3) is 0.952. The molecule has 4 aliphatic carbocycles. The van der Waals surface area contributed by atoms with Crippen molar-refractivity contribution in [3.8, 4) is 0 Å². The van der Waals surface area contributed by atoms with Gasteiger partial charge in [-0.1, -0.05) is 13.8 Å². The maximum Gasteiger partial charge on any atom is 0.138 e. The van der Waals surface area contributed by atoms with Crippen LogP contribution >= 0.6 is 0 Å². The zero-order valence-corrected chi connectivity index (χ0v) is 15.6. The van der Waals surface area contributed by atoms with E-state index in [-0.39, 0.29) is 23.4 Å². The maximum absolute atomic E-state index is 12.3. The lowest BCUT2D eigenvalue weighted by molar-refractivity contribution is -0.160. The Kier molecular flexibility index (Phi) is 3.76. The van der Waals surface area contributed by atoms with E-state index in [1.54, 1.807) is 0 Å². The van der Waals surface area contributed by atoms with Crippen molar-refractivity contribution in [1.82, 2.24) is 0 Å². The summed E-state index contributed by atoms with van der Waals surface area (Å²) in [5.41, 5.74) is -0.241. The third-order valence-electron chi connectivity index (χ3n) is 9.44. The van der Waals surface area contributed by atoms with E-state index >= 15 is 0 Å². The fourth-order valence-electron chi connectivity index (χ4n) is 7.65. The molecule has 0 aromatic carbocycles. The van der Waals surface area contributed by atoms with Gasteiger partial charge in [-0.3, -0.25) is 4.79 Å². The van der Waals surface area contributed by atoms with Gasteiger partial charge in [0.15, 0.2) is 0 Å². The van der Waals surface area contributed by atoms with Crippen LogP contribution in [0, 0.1) is 40.4 Å². The first-order valence-electron chi connectivity index (χ1n) is 10.1. The number of rotatable bonds is 1. The van der Waals surface area contributed by atoms with Gasteiger partial charge in [-0.2, -0.15) is 0 Å². The Bertz CT molecular complexity index is 541. The van der Waals surface area contributed by atoms with E-state index in [1.165, 1.54) is 12.8 Å². The van der Waals surface area contributed by atoms with Gasteiger partial charge in [0.05, 0.1) is 12.2 Å². The number of hydrogen-bond acceptors (Lipinski definition) is 3. The summed E-state index contributed by atoms with van der Waals surface area (Å²) in [4.78, 5) is 12.3. The Labute approximate surface area is 146 Å². The molecule has 136 valence electrons. The minimum atomic E-state index is -0.517. The van der Waals surface area contributed by atoms with Gasteiger partial charge in [-0.25, -0.2) is 0 Å². The van der Waals surface area contributed by atoms with Crippen LogP contribution < -0.4 is 0 Å². The SMILES string of the molecule is C[C@@]12C[C@H](CO)C(=O)C[C@H]1CC[C@H]1[C@H]2CC[C@]2(C)[C@@H]1CC[C@@]2(C)O. The van der Waals surface area contributed by atoms with Gasteiger partial charge in [0, 0.05) is 12.3 Å². The minimum Gasteiger partial charge on any atom is -0.396 e. The lowest BCUT2D eigenvalue weighted by Gasteiger charge is -2.61. The number of Topliss-reactive ketones (excluding diaryl/α,β-unsaturated/α-hetero) is 1. The summed E-state index contributed by atoms with van der Waals surface area (Å²) in [5.74, 6) is 2.68. The summed E-state index contributed by atoms with van der Waals surface area (Å²) in [5, 5.41) is 20.6. The average molecular weight is 335 g/mol. The number of aliphatic hydroxyl groups excluding tert-OH is 1. The minimum absolute atomic E-state index is 0.0222. The highest BCUT2D eigenvalue weighted by molar-refractivity contribution is 5.82. The number of carbonyl (C=O) groups excluding carboxylic acids is 1. The first-order valence-corrected chi connectivity index (χ1v) is 10.1. The van der Waals surface area contributed by atoms with E-state index in [2.05, 4.69) is 20.8 Å². The van der Waals surface area contributed by atoms with Crippen LogP contribution in [0.25, 0.3) is 0 Å². The molecule has 4 saturated carbocycles. The molecule has 3 heteroatoms. The Morgan fingerprint density at radius 1 is 1.04 bits per heavy atom. The highest BCUT2D eigenvalue weighted by Gasteiger charge is 2.63. The molecule has 0 aromatic heterocycles. The lowest BCUT2D eigenvalue weighted by Crippen LogP contribution is -2.57. The summed E-state index contributed by atoms with van der Waals surface area (Å²) in [7, 11) is 0. The molecule has 4 fully saturated rings. The van der Waals surface area contributed by atoms with Gasteiger partial charge in [0.25, 0.3) is 0 Å². The van der Waals surface area contributed by atoms with Gasteiger partial charge >= 0.3 is 0 Å². The van der Waals surface area contributed by atoms with Crippen LogP contribution in [-0.2, 0) is 4.79 Å². The van der Waals surface area contributed by atoms with Crippen molar-refractivity contribution < 1.29 is 15.0 Å².